The first-order chi connectivity index (χ1) is 5.98. The summed E-state index contributed by atoms with van der Waals surface area (Å²) < 4.78 is 0. The first kappa shape index (κ1) is 8.95. The summed E-state index contributed by atoms with van der Waals surface area (Å²) in [5, 5.41) is 0.646. The average Bonchev–Trinajstić information content (AvgIpc) is 2.23. The predicted molar refractivity (Wildman–Crippen MR) is 53.0 cm³/mol. The van der Waals surface area contributed by atoms with E-state index in [4.69, 9.17) is 11.6 Å². The van der Waals surface area contributed by atoms with E-state index in [-0.39, 0.29) is 0 Å². The van der Waals surface area contributed by atoms with Gasteiger partial charge in [0.15, 0.2) is 0 Å². The van der Waals surface area contributed by atoms with Crippen molar-refractivity contribution >= 4 is 11.6 Å². The number of halogens is 1. The molecule has 0 aromatic carbocycles. The van der Waals surface area contributed by atoms with Crippen molar-refractivity contribution in [2.45, 2.75) is 33.6 Å². The standard InChI is InChI=1S/C10H13ClN2/c1-6-12-8-5-10(2,3)4-7(8)9(11)13-6/h4-5H2,1-3H3. The number of rotatable bonds is 0. The van der Waals surface area contributed by atoms with E-state index in [0.29, 0.717) is 10.6 Å². The highest BCUT2D eigenvalue weighted by Gasteiger charge is 2.31. The number of nitrogens with zero attached hydrogens (tertiary/aromatic N) is 2. The number of fused-ring (bicyclic) bond motifs is 1. The second kappa shape index (κ2) is 2.68. The van der Waals surface area contributed by atoms with Gasteiger partial charge in [-0.1, -0.05) is 25.4 Å². The van der Waals surface area contributed by atoms with Gasteiger partial charge >= 0.3 is 0 Å². The molecule has 1 aliphatic carbocycles. The van der Waals surface area contributed by atoms with E-state index >= 15 is 0 Å². The molecule has 0 radical (unpaired) electrons. The zero-order valence-electron chi connectivity index (χ0n) is 8.19. The minimum absolute atomic E-state index is 0.300. The molecular formula is C10H13ClN2. The number of aryl methyl sites for hydroxylation is 1. The fourth-order valence-corrected chi connectivity index (χ4v) is 2.23. The summed E-state index contributed by atoms with van der Waals surface area (Å²) in [6, 6.07) is 0. The largest absolute Gasteiger partial charge is 0.238 e. The number of hydrogen-bond acceptors (Lipinski definition) is 2. The lowest BCUT2D eigenvalue weighted by atomic mass is 9.91. The van der Waals surface area contributed by atoms with E-state index in [1.54, 1.807) is 0 Å². The lowest BCUT2D eigenvalue weighted by molar-refractivity contribution is 0.390. The summed E-state index contributed by atoms with van der Waals surface area (Å²) in [6.45, 7) is 6.36. The summed E-state index contributed by atoms with van der Waals surface area (Å²) in [5.41, 5.74) is 2.59. The van der Waals surface area contributed by atoms with E-state index in [1.165, 1.54) is 0 Å². The first-order valence-corrected chi connectivity index (χ1v) is 4.88. The van der Waals surface area contributed by atoms with Crippen molar-refractivity contribution in [3.05, 3.63) is 22.2 Å². The van der Waals surface area contributed by atoms with Gasteiger partial charge in [-0.15, -0.1) is 0 Å². The molecule has 1 aliphatic rings. The van der Waals surface area contributed by atoms with Crippen LogP contribution in [0.2, 0.25) is 5.15 Å². The zero-order valence-corrected chi connectivity index (χ0v) is 8.94. The molecule has 3 heteroatoms. The molecule has 1 aromatic rings. The minimum atomic E-state index is 0.300. The molecule has 0 spiro atoms. The van der Waals surface area contributed by atoms with Gasteiger partial charge in [-0.05, 0) is 25.2 Å². The Kier molecular flexibility index (Phi) is 1.84. The molecule has 0 saturated carbocycles. The molecule has 2 nitrogen and oxygen atoms in total. The van der Waals surface area contributed by atoms with E-state index < -0.39 is 0 Å². The molecule has 0 saturated heterocycles. The second-order valence-corrected chi connectivity index (χ2v) is 4.86. The third kappa shape index (κ3) is 1.55. The molecule has 0 bridgehead atoms. The Bertz CT molecular complexity index is 358. The van der Waals surface area contributed by atoms with Crippen LogP contribution in [-0.2, 0) is 12.8 Å². The Morgan fingerprint density at radius 1 is 1.23 bits per heavy atom. The molecule has 0 fully saturated rings. The van der Waals surface area contributed by atoms with Gasteiger partial charge < -0.3 is 0 Å². The van der Waals surface area contributed by atoms with Crippen molar-refractivity contribution in [3.8, 4) is 0 Å². The fourth-order valence-electron chi connectivity index (χ4n) is 1.93. The third-order valence-corrected chi connectivity index (χ3v) is 2.77. The van der Waals surface area contributed by atoms with Gasteiger partial charge in [0.1, 0.15) is 11.0 Å². The van der Waals surface area contributed by atoms with E-state index in [0.717, 1.165) is 29.9 Å². The molecule has 13 heavy (non-hydrogen) atoms. The maximum absolute atomic E-state index is 6.05. The Morgan fingerprint density at radius 2 is 1.92 bits per heavy atom. The topological polar surface area (TPSA) is 25.8 Å². The lowest BCUT2D eigenvalue weighted by Gasteiger charge is -2.14. The first-order valence-electron chi connectivity index (χ1n) is 4.50. The van der Waals surface area contributed by atoms with Gasteiger partial charge in [-0.25, -0.2) is 9.97 Å². The monoisotopic (exact) mass is 196 g/mol. The van der Waals surface area contributed by atoms with Gasteiger partial charge in [-0.3, -0.25) is 0 Å². The zero-order chi connectivity index (χ0) is 9.64. The van der Waals surface area contributed by atoms with Crippen molar-refractivity contribution in [3.63, 3.8) is 0 Å². The van der Waals surface area contributed by atoms with Crippen LogP contribution in [0.4, 0.5) is 0 Å². The van der Waals surface area contributed by atoms with Crippen molar-refractivity contribution in [2.75, 3.05) is 0 Å². The predicted octanol–water partition coefficient (Wildman–Crippen LogP) is 2.56. The molecule has 70 valence electrons. The van der Waals surface area contributed by atoms with Crippen molar-refractivity contribution < 1.29 is 0 Å². The maximum atomic E-state index is 6.05. The smallest absolute Gasteiger partial charge is 0.136 e. The van der Waals surface area contributed by atoms with Crippen LogP contribution < -0.4 is 0 Å². The van der Waals surface area contributed by atoms with Gasteiger partial charge in [-0.2, -0.15) is 0 Å². The van der Waals surface area contributed by atoms with Gasteiger partial charge in [0.05, 0.1) is 0 Å². The van der Waals surface area contributed by atoms with Crippen molar-refractivity contribution in [1.29, 1.82) is 0 Å². The van der Waals surface area contributed by atoms with Crippen LogP contribution in [0.15, 0.2) is 0 Å². The minimum Gasteiger partial charge on any atom is -0.238 e. The average molecular weight is 197 g/mol. The Hall–Kier alpha value is -0.630. The highest BCUT2D eigenvalue weighted by atomic mass is 35.5. The highest BCUT2D eigenvalue weighted by molar-refractivity contribution is 6.30. The Balaban J connectivity index is 2.52. The van der Waals surface area contributed by atoms with Crippen LogP contribution in [0.3, 0.4) is 0 Å². The molecule has 0 amide bonds. The molecule has 2 rings (SSSR count). The number of aromatic nitrogens is 2. The normalized spacial score (nSPS) is 18.8. The van der Waals surface area contributed by atoms with Gasteiger partial charge in [0.25, 0.3) is 0 Å². The van der Waals surface area contributed by atoms with Crippen molar-refractivity contribution in [1.82, 2.24) is 9.97 Å². The molecule has 1 heterocycles. The molecular weight excluding hydrogens is 184 g/mol. The summed E-state index contributed by atoms with van der Waals surface area (Å²) in [4.78, 5) is 8.58. The van der Waals surface area contributed by atoms with Crippen LogP contribution in [0.1, 0.15) is 30.9 Å². The lowest BCUT2D eigenvalue weighted by Crippen LogP contribution is -2.09. The second-order valence-electron chi connectivity index (χ2n) is 4.50. The number of hydrogen-bond donors (Lipinski definition) is 0. The summed E-state index contributed by atoms with van der Waals surface area (Å²) in [6.07, 6.45) is 2.02. The van der Waals surface area contributed by atoms with Gasteiger partial charge in [0.2, 0.25) is 0 Å². The summed E-state index contributed by atoms with van der Waals surface area (Å²) in [5.74, 6) is 0.779. The molecule has 0 unspecified atom stereocenters. The highest BCUT2D eigenvalue weighted by Crippen LogP contribution is 2.37. The van der Waals surface area contributed by atoms with E-state index in [9.17, 15) is 0 Å². The maximum Gasteiger partial charge on any atom is 0.136 e. The molecule has 0 N–H and O–H groups in total. The molecule has 0 aliphatic heterocycles. The summed E-state index contributed by atoms with van der Waals surface area (Å²) >= 11 is 6.05. The molecule has 0 atom stereocenters. The van der Waals surface area contributed by atoms with Crippen molar-refractivity contribution in [2.24, 2.45) is 5.41 Å². The van der Waals surface area contributed by atoms with Gasteiger partial charge in [0, 0.05) is 11.3 Å². The Morgan fingerprint density at radius 3 is 2.62 bits per heavy atom. The van der Waals surface area contributed by atoms with E-state index in [2.05, 4.69) is 23.8 Å². The van der Waals surface area contributed by atoms with Crippen LogP contribution in [-0.4, -0.2) is 9.97 Å². The van der Waals surface area contributed by atoms with Crippen LogP contribution in [0, 0.1) is 12.3 Å². The Labute approximate surface area is 83.4 Å². The van der Waals surface area contributed by atoms with E-state index in [1.807, 2.05) is 6.92 Å². The van der Waals surface area contributed by atoms with Crippen LogP contribution in [0.5, 0.6) is 0 Å². The molecule has 1 aromatic heterocycles. The SMILES string of the molecule is Cc1nc(Cl)c2c(n1)CC(C)(C)C2. The third-order valence-electron chi connectivity index (χ3n) is 2.46. The van der Waals surface area contributed by atoms with Crippen LogP contribution in [0.25, 0.3) is 0 Å². The van der Waals surface area contributed by atoms with Crippen LogP contribution >= 0.6 is 11.6 Å². The quantitative estimate of drug-likeness (QED) is 0.596. The summed E-state index contributed by atoms with van der Waals surface area (Å²) in [7, 11) is 0. The fraction of sp³-hybridized carbons (Fsp3) is 0.600.